The van der Waals surface area contributed by atoms with E-state index < -0.39 is 0 Å². The molecule has 0 amide bonds. The lowest BCUT2D eigenvalue weighted by molar-refractivity contribution is -0.142. The van der Waals surface area contributed by atoms with E-state index in [1.54, 1.807) is 12.1 Å². The fourth-order valence-corrected chi connectivity index (χ4v) is 2.02. The van der Waals surface area contributed by atoms with Gasteiger partial charge in [0.15, 0.2) is 0 Å². The van der Waals surface area contributed by atoms with Crippen LogP contribution in [0.2, 0.25) is 0 Å². The minimum atomic E-state index is -0.183. The van der Waals surface area contributed by atoms with Crippen molar-refractivity contribution >= 4 is 23.4 Å². The molecule has 94 valence electrons. The van der Waals surface area contributed by atoms with Gasteiger partial charge in [-0.3, -0.25) is 4.79 Å². The highest BCUT2D eigenvalue weighted by molar-refractivity contribution is 7.99. The van der Waals surface area contributed by atoms with E-state index in [4.69, 9.17) is 10.5 Å². The van der Waals surface area contributed by atoms with Crippen molar-refractivity contribution in [1.82, 2.24) is 0 Å². The fourth-order valence-electron chi connectivity index (χ4n) is 1.41. The lowest BCUT2D eigenvalue weighted by Gasteiger charge is -2.05. The van der Waals surface area contributed by atoms with Gasteiger partial charge in [-0.05, 0) is 35.6 Å². The molecule has 1 aromatic carbocycles. The average molecular weight is 253 g/mol. The van der Waals surface area contributed by atoms with E-state index in [0.29, 0.717) is 18.7 Å². The third-order valence-electron chi connectivity index (χ3n) is 2.20. The van der Waals surface area contributed by atoms with Gasteiger partial charge >= 0.3 is 5.97 Å². The van der Waals surface area contributed by atoms with Crippen molar-refractivity contribution in [3.05, 3.63) is 29.8 Å². The first-order valence-electron chi connectivity index (χ1n) is 5.80. The predicted octanol–water partition coefficient (Wildman–Crippen LogP) is 2.50. The predicted molar refractivity (Wildman–Crippen MR) is 73.1 cm³/mol. The summed E-state index contributed by atoms with van der Waals surface area (Å²) in [5.41, 5.74) is 7.21. The molecule has 0 spiro atoms. The molecule has 0 radical (unpaired) electrons. The lowest BCUT2D eigenvalue weighted by atomic mass is 10.1. The Morgan fingerprint density at radius 1 is 1.47 bits per heavy atom. The van der Waals surface area contributed by atoms with E-state index in [1.807, 2.05) is 23.9 Å². The zero-order valence-electron chi connectivity index (χ0n) is 10.1. The minimum Gasteiger partial charge on any atom is -0.465 e. The van der Waals surface area contributed by atoms with E-state index in [-0.39, 0.29) is 5.97 Å². The summed E-state index contributed by atoms with van der Waals surface area (Å²) in [6.45, 7) is 2.63. The Morgan fingerprint density at radius 3 is 3.00 bits per heavy atom. The summed E-state index contributed by atoms with van der Waals surface area (Å²) >= 11 is 1.86. The number of benzene rings is 1. The van der Waals surface area contributed by atoms with Gasteiger partial charge in [-0.2, -0.15) is 11.8 Å². The molecule has 0 aliphatic carbocycles. The van der Waals surface area contributed by atoms with E-state index in [1.165, 1.54) is 0 Å². The van der Waals surface area contributed by atoms with Crippen molar-refractivity contribution in [2.45, 2.75) is 19.8 Å². The van der Waals surface area contributed by atoms with Crippen molar-refractivity contribution in [2.75, 3.05) is 23.8 Å². The van der Waals surface area contributed by atoms with Crippen LogP contribution in [0.15, 0.2) is 24.3 Å². The number of thioether (sulfide) groups is 1. The molecule has 0 aliphatic heterocycles. The maximum atomic E-state index is 11.5. The van der Waals surface area contributed by atoms with Crippen LogP contribution < -0.4 is 5.73 Å². The number of rotatable bonds is 7. The molecule has 0 bridgehead atoms. The first-order valence-corrected chi connectivity index (χ1v) is 6.95. The highest BCUT2D eigenvalue weighted by Gasteiger charge is 2.04. The highest BCUT2D eigenvalue weighted by Crippen LogP contribution is 2.08. The van der Waals surface area contributed by atoms with Crippen molar-refractivity contribution in [1.29, 1.82) is 0 Å². The first kappa shape index (κ1) is 13.9. The van der Waals surface area contributed by atoms with E-state index in [0.717, 1.165) is 23.5 Å². The topological polar surface area (TPSA) is 52.3 Å². The smallest absolute Gasteiger partial charge is 0.310 e. The van der Waals surface area contributed by atoms with Crippen LogP contribution >= 0.6 is 11.8 Å². The lowest BCUT2D eigenvalue weighted by Crippen LogP contribution is -2.09. The Bertz CT molecular complexity index is 355. The standard InChI is InChI=1S/C13H19NO2S/c1-2-17-8-4-7-16-13(15)10-11-5-3-6-12(14)9-11/h3,5-6,9H,2,4,7-8,10,14H2,1H3. The highest BCUT2D eigenvalue weighted by atomic mass is 32.2. The summed E-state index contributed by atoms with van der Waals surface area (Å²) in [6.07, 6.45) is 1.22. The number of hydrogen-bond donors (Lipinski definition) is 1. The molecule has 0 atom stereocenters. The Kier molecular flexibility index (Phi) is 6.55. The number of anilines is 1. The summed E-state index contributed by atoms with van der Waals surface area (Å²) in [5.74, 6) is 1.97. The first-order chi connectivity index (χ1) is 8.22. The Balaban J connectivity index is 2.21. The van der Waals surface area contributed by atoms with Gasteiger partial charge in [-0.15, -0.1) is 0 Å². The van der Waals surface area contributed by atoms with Gasteiger partial charge < -0.3 is 10.5 Å². The molecular weight excluding hydrogens is 234 g/mol. The van der Waals surface area contributed by atoms with Crippen molar-refractivity contribution in [3.63, 3.8) is 0 Å². The van der Waals surface area contributed by atoms with Crippen LogP contribution in [0.5, 0.6) is 0 Å². The van der Waals surface area contributed by atoms with Gasteiger partial charge in [0.05, 0.1) is 13.0 Å². The Labute approximate surface area is 107 Å². The summed E-state index contributed by atoms with van der Waals surface area (Å²) in [5, 5.41) is 0. The molecule has 0 aromatic heterocycles. The molecule has 0 fully saturated rings. The van der Waals surface area contributed by atoms with Crippen LogP contribution in [-0.2, 0) is 16.0 Å². The quantitative estimate of drug-likeness (QED) is 0.461. The van der Waals surface area contributed by atoms with Crippen LogP contribution in [0.3, 0.4) is 0 Å². The molecule has 17 heavy (non-hydrogen) atoms. The molecular formula is C13H19NO2S. The van der Waals surface area contributed by atoms with Crippen molar-refractivity contribution in [3.8, 4) is 0 Å². The Morgan fingerprint density at radius 2 is 2.29 bits per heavy atom. The fraction of sp³-hybridized carbons (Fsp3) is 0.462. The molecule has 0 aliphatic rings. The van der Waals surface area contributed by atoms with Gasteiger partial charge in [-0.25, -0.2) is 0 Å². The SMILES string of the molecule is CCSCCCOC(=O)Cc1cccc(N)c1. The molecule has 2 N–H and O–H groups in total. The van der Waals surface area contributed by atoms with E-state index in [9.17, 15) is 4.79 Å². The maximum absolute atomic E-state index is 11.5. The number of nitrogen functional groups attached to an aromatic ring is 1. The molecule has 3 nitrogen and oxygen atoms in total. The number of carbonyl (C=O) groups is 1. The van der Waals surface area contributed by atoms with Gasteiger partial charge in [0.2, 0.25) is 0 Å². The number of esters is 1. The molecule has 0 unspecified atom stereocenters. The van der Waals surface area contributed by atoms with Crippen molar-refractivity contribution < 1.29 is 9.53 Å². The second-order valence-corrected chi connectivity index (χ2v) is 5.09. The molecule has 4 heteroatoms. The van der Waals surface area contributed by atoms with Crippen LogP contribution in [0.1, 0.15) is 18.9 Å². The second-order valence-electron chi connectivity index (χ2n) is 3.69. The van der Waals surface area contributed by atoms with Crippen molar-refractivity contribution in [2.24, 2.45) is 0 Å². The van der Waals surface area contributed by atoms with Gasteiger partial charge in [0.1, 0.15) is 0 Å². The van der Waals surface area contributed by atoms with Gasteiger partial charge in [0, 0.05) is 5.69 Å². The summed E-state index contributed by atoms with van der Waals surface area (Å²) in [7, 11) is 0. The number of hydrogen-bond acceptors (Lipinski definition) is 4. The molecule has 1 aromatic rings. The maximum Gasteiger partial charge on any atom is 0.310 e. The summed E-state index contributed by atoms with van der Waals surface area (Å²) in [6, 6.07) is 7.32. The third kappa shape index (κ3) is 6.22. The van der Waals surface area contributed by atoms with Gasteiger partial charge in [0.25, 0.3) is 0 Å². The van der Waals surface area contributed by atoms with Crippen LogP contribution in [-0.4, -0.2) is 24.1 Å². The monoisotopic (exact) mass is 253 g/mol. The number of nitrogens with two attached hydrogens (primary N) is 1. The molecule has 0 heterocycles. The number of carbonyl (C=O) groups excluding carboxylic acids is 1. The van der Waals surface area contributed by atoms with Crippen LogP contribution in [0.25, 0.3) is 0 Å². The Hall–Kier alpha value is -1.16. The zero-order chi connectivity index (χ0) is 12.5. The third-order valence-corrected chi connectivity index (χ3v) is 3.19. The van der Waals surface area contributed by atoms with Crippen LogP contribution in [0, 0.1) is 0 Å². The summed E-state index contributed by atoms with van der Waals surface area (Å²) in [4.78, 5) is 11.5. The zero-order valence-corrected chi connectivity index (χ0v) is 11.0. The minimum absolute atomic E-state index is 0.183. The molecule has 1 rings (SSSR count). The number of ether oxygens (including phenoxy) is 1. The second kappa shape index (κ2) is 8.01. The summed E-state index contributed by atoms with van der Waals surface area (Å²) < 4.78 is 5.14. The normalized spacial score (nSPS) is 10.2. The average Bonchev–Trinajstić information content (AvgIpc) is 2.29. The van der Waals surface area contributed by atoms with Gasteiger partial charge in [-0.1, -0.05) is 19.1 Å². The molecule has 0 saturated heterocycles. The van der Waals surface area contributed by atoms with E-state index in [2.05, 4.69) is 6.92 Å². The molecule has 0 saturated carbocycles. The largest absolute Gasteiger partial charge is 0.465 e. The van der Waals surface area contributed by atoms with E-state index >= 15 is 0 Å². The van der Waals surface area contributed by atoms with Crippen LogP contribution in [0.4, 0.5) is 5.69 Å².